The standard InChI is InChI=1S/C15H21NO3/c1-11(12-4-3-5-13(9-12)18-2)8-15(17)14-10-19-7-6-16-14/h3-5,9,11,14,16H,6-8,10H2,1-2H3/t11-,14?/m0/s1. The summed E-state index contributed by atoms with van der Waals surface area (Å²) in [4.78, 5) is 12.2. The lowest BCUT2D eigenvalue weighted by molar-refractivity contribution is -0.124. The number of morpholine rings is 1. The largest absolute Gasteiger partial charge is 0.497 e. The van der Waals surface area contributed by atoms with Crippen molar-refractivity contribution in [3.63, 3.8) is 0 Å². The number of benzene rings is 1. The normalized spacial score (nSPS) is 20.8. The third-order valence-corrected chi connectivity index (χ3v) is 3.48. The Kier molecular flexibility index (Phi) is 4.93. The Hall–Kier alpha value is -1.39. The smallest absolute Gasteiger partial charge is 0.152 e. The van der Waals surface area contributed by atoms with Gasteiger partial charge in [0.15, 0.2) is 5.78 Å². The van der Waals surface area contributed by atoms with Crippen molar-refractivity contribution in [2.24, 2.45) is 0 Å². The molecule has 1 fully saturated rings. The molecule has 0 amide bonds. The Morgan fingerprint density at radius 1 is 1.58 bits per heavy atom. The van der Waals surface area contributed by atoms with Crippen molar-refractivity contribution in [3.05, 3.63) is 29.8 Å². The van der Waals surface area contributed by atoms with Crippen LogP contribution in [0.15, 0.2) is 24.3 Å². The molecule has 1 aromatic carbocycles. The summed E-state index contributed by atoms with van der Waals surface area (Å²) in [5, 5.41) is 3.20. The monoisotopic (exact) mass is 263 g/mol. The maximum absolute atomic E-state index is 12.2. The first-order chi connectivity index (χ1) is 9.20. The first-order valence-electron chi connectivity index (χ1n) is 6.68. The summed E-state index contributed by atoms with van der Waals surface area (Å²) in [5.41, 5.74) is 1.13. The van der Waals surface area contributed by atoms with Gasteiger partial charge in [-0.05, 0) is 23.6 Å². The molecule has 4 nitrogen and oxygen atoms in total. The number of rotatable bonds is 5. The van der Waals surface area contributed by atoms with Crippen molar-refractivity contribution in [2.75, 3.05) is 26.9 Å². The molecule has 0 radical (unpaired) electrons. The van der Waals surface area contributed by atoms with Crippen LogP contribution in [0.2, 0.25) is 0 Å². The fraction of sp³-hybridized carbons (Fsp3) is 0.533. The van der Waals surface area contributed by atoms with Crippen molar-refractivity contribution < 1.29 is 14.3 Å². The van der Waals surface area contributed by atoms with Crippen LogP contribution in [-0.2, 0) is 9.53 Å². The molecule has 1 aliphatic rings. The zero-order valence-electron chi connectivity index (χ0n) is 11.5. The number of methoxy groups -OCH3 is 1. The summed E-state index contributed by atoms with van der Waals surface area (Å²) in [5.74, 6) is 1.23. The molecule has 4 heteroatoms. The lowest BCUT2D eigenvalue weighted by Gasteiger charge is -2.24. The van der Waals surface area contributed by atoms with Gasteiger partial charge in [0.1, 0.15) is 5.75 Å². The van der Waals surface area contributed by atoms with Gasteiger partial charge in [-0.3, -0.25) is 4.79 Å². The van der Waals surface area contributed by atoms with Gasteiger partial charge in [-0.25, -0.2) is 0 Å². The van der Waals surface area contributed by atoms with Gasteiger partial charge in [-0.1, -0.05) is 19.1 Å². The second kappa shape index (κ2) is 6.68. The number of carbonyl (C=O) groups is 1. The van der Waals surface area contributed by atoms with E-state index >= 15 is 0 Å². The predicted molar refractivity (Wildman–Crippen MR) is 73.6 cm³/mol. The van der Waals surface area contributed by atoms with E-state index in [1.165, 1.54) is 0 Å². The Labute approximate surface area is 114 Å². The van der Waals surface area contributed by atoms with Gasteiger partial charge in [0.25, 0.3) is 0 Å². The van der Waals surface area contributed by atoms with E-state index in [0.29, 0.717) is 19.6 Å². The maximum atomic E-state index is 12.2. The lowest BCUT2D eigenvalue weighted by Crippen LogP contribution is -2.46. The highest BCUT2D eigenvalue weighted by atomic mass is 16.5. The Morgan fingerprint density at radius 2 is 2.42 bits per heavy atom. The predicted octanol–water partition coefficient (Wildman–Crippen LogP) is 1.75. The van der Waals surface area contributed by atoms with Crippen molar-refractivity contribution >= 4 is 5.78 Å². The summed E-state index contributed by atoms with van der Waals surface area (Å²) in [7, 11) is 1.65. The molecule has 1 aromatic rings. The topological polar surface area (TPSA) is 47.6 Å². The summed E-state index contributed by atoms with van der Waals surface area (Å²) in [6.07, 6.45) is 0.522. The van der Waals surface area contributed by atoms with E-state index in [-0.39, 0.29) is 17.7 Å². The molecule has 0 spiro atoms. The summed E-state index contributed by atoms with van der Waals surface area (Å²) in [6, 6.07) is 7.74. The zero-order valence-corrected chi connectivity index (χ0v) is 11.5. The molecule has 2 atom stereocenters. The minimum Gasteiger partial charge on any atom is -0.497 e. The molecule has 1 aliphatic heterocycles. The number of hydrogen-bond donors (Lipinski definition) is 1. The van der Waals surface area contributed by atoms with E-state index in [0.717, 1.165) is 17.9 Å². The molecule has 2 rings (SSSR count). The van der Waals surface area contributed by atoms with E-state index in [2.05, 4.69) is 12.2 Å². The molecule has 1 saturated heterocycles. The number of nitrogens with one attached hydrogen (secondary N) is 1. The lowest BCUT2D eigenvalue weighted by atomic mass is 9.93. The van der Waals surface area contributed by atoms with Crippen LogP contribution in [0.5, 0.6) is 5.75 Å². The average Bonchev–Trinajstić information content (AvgIpc) is 2.48. The molecular weight excluding hydrogens is 242 g/mol. The molecule has 0 bridgehead atoms. The van der Waals surface area contributed by atoms with Crippen LogP contribution in [0.1, 0.15) is 24.8 Å². The minimum atomic E-state index is -0.151. The van der Waals surface area contributed by atoms with Gasteiger partial charge >= 0.3 is 0 Å². The fourth-order valence-electron chi connectivity index (χ4n) is 2.28. The summed E-state index contributed by atoms with van der Waals surface area (Å²) < 4.78 is 10.5. The third-order valence-electron chi connectivity index (χ3n) is 3.48. The van der Waals surface area contributed by atoms with E-state index in [4.69, 9.17) is 9.47 Å². The third kappa shape index (κ3) is 3.78. The first kappa shape index (κ1) is 14.0. The van der Waals surface area contributed by atoms with Crippen LogP contribution in [0.4, 0.5) is 0 Å². The Morgan fingerprint density at radius 3 is 3.11 bits per heavy atom. The molecule has 0 aliphatic carbocycles. The molecule has 0 saturated carbocycles. The van der Waals surface area contributed by atoms with Crippen molar-refractivity contribution in [2.45, 2.75) is 25.3 Å². The van der Waals surface area contributed by atoms with Gasteiger partial charge in [-0.2, -0.15) is 0 Å². The minimum absolute atomic E-state index is 0.151. The highest BCUT2D eigenvalue weighted by molar-refractivity contribution is 5.85. The van der Waals surface area contributed by atoms with Crippen LogP contribution < -0.4 is 10.1 Å². The Bertz CT molecular complexity index is 427. The highest BCUT2D eigenvalue weighted by Gasteiger charge is 2.23. The van der Waals surface area contributed by atoms with Crippen LogP contribution in [0.25, 0.3) is 0 Å². The van der Waals surface area contributed by atoms with Crippen molar-refractivity contribution in [1.29, 1.82) is 0 Å². The van der Waals surface area contributed by atoms with E-state index in [1.807, 2.05) is 24.3 Å². The summed E-state index contributed by atoms with van der Waals surface area (Å²) in [6.45, 7) is 4.00. The van der Waals surface area contributed by atoms with Crippen LogP contribution >= 0.6 is 0 Å². The molecule has 1 heterocycles. The van der Waals surface area contributed by atoms with Crippen molar-refractivity contribution in [3.8, 4) is 5.75 Å². The number of carbonyl (C=O) groups excluding carboxylic acids is 1. The number of hydrogen-bond acceptors (Lipinski definition) is 4. The highest BCUT2D eigenvalue weighted by Crippen LogP contribution is 2.23. The SMILES string of the molecule is COc1cccc([C@@H](C)CC(=O)C2COCCN2)c1. The molecule has 1 unspecified atom stereocenters. The van der Waals surface area contributed by atoms with E-state index in [1.54, 1.807) is 7.11 Å². The van der Waals surface area contributed by atoms with Crippen LogP contribution in [0.3, 0.4) is 0 Å². The van der Waals surface area contributed by atoms with Gasteiger partial charge < -0.3 is 14.8 Å². The van der Waals surface area contributed by atoms with Crippen molar-refractivity contribution in [1.82, 2.24) is 5.32 Å². The number of ketones is 1. The quantitative estimate of drug-likeness (QED) is 0.879. The molecular formula is C15H21NO3. The van der Waals surface area contributed by atoms with Gasteiger partial charge in [0.05, 0.1) is 26.4 Å². The van der Waals surface area contributed by atoms with Gasteiger partial charge in [0, 0.05) is 13.0 Å². The second-order valence-electron chi connectivity index (χ2n) is 4.93. The number of ether oxygens (including phenoxy) is 2. The van der Waals surface area contributed by atoms with Crippen LogP contribution in [0, 0.1) is 0 Å². The molecule has 19 heavy (non-hydrogen) atoms. The van der Waals surface area contributed by atoms with Gasteiger partial charge in [0.2, 0.25) is 0 Å². The average molecular weight is 263 g/mol. The number of Topliss-reactive ketones (excluding diaryl/α,β-unsaturated/α-hetero) is 1. The fourth-order valence-corrected chi connectivity index (χ4v) is 2.28. The Balaban J connectivity index is 1.95. The zero-order chi connectivity index (χ0) is 13.7. The molecule has 104 valence electrons. The van der Waals surface area contributed by atoms with Gasteiger partial charge in [-0.15, -0.1) is 0 Å². The second-order valence-corrected chi connectivity index (χ2v) is 4.93. The van der Waals surface area contributed by atoms with E-state index in [9.17, 15) is 4.79 Å². The van der Waals surface area contributed by atoms with Crippen LogP contribution in [-0.4, -0.2) is 38.7 Å². The summed E-state index contributed by atoms with van der Waals surface area (Å²) >= 11 is 0. The maximum Gasteiger partial charge on any atom is 0.152 e. The first-order valence-corrected chi connectivity index (χ1v) is 6.68. The van der Waals surface area contributed by atoms with E-state index < -0.39 is 0 Å². The molecule has 1 N–H and O–H groups in total. The molecule has 0 aromatic heterocycles.